The van der Waals surface area contributed by atoms with E-state index in [0.29, 0.717) is 25.8 Å². The summed E-state index contributed by atoms with van der Waals surface area (Å²) in [4.78, 5) is 14.4. The van der Waals surface area contributed by atoms with Crippen LogP contribution in [0.15, 0.2) is 54.6 Å². The van der Waals surface area contributed by atoms with Crippen LogP contribution >= 0.6 is 0 Å². The van der Waals surface area contributed by atoms with E-state index >= 15 is 0 Å². The Morgan fingerprint density at radius 3 is 2.30 bits per heavy atom. The molecular weight excluding hydrogens is 435 g/mol. The number of carbonyl (C=O) groups excluding carboxylic acids is 1. The first-order valence-electron chi connectivity index (χ1n) is 11.0. The first-order valence-corrected chi connectivity index (χ1v) is 11.0. The number of halogens is 3. The lowest BCUT2D eigenvalue weighted by atomic mass is 9.92. The maximum Gasteiger partial charge on any atom is 0.416 e. The van der Waals surface area contributed by atoms with Crippen molar-refractivity contribution in [2.75, 3.05) is 6.54 Å². The second-order valence-electron chi connectivity index (χ2n) is 9.28. The van der Waals surface area contributed by atoms with E-state index in [4.69, 9.17) is 9.47 Å². The normalized spacial score (nSPS) is 20.3. The average molecular weight is 466 g/mol. The standard InChI is InChI=1S/C25H30F3NO4/c1-24(2,3)33-23(31)29-14-13-20(30)15-19(29)16-22(17-7-5-4-6-8-17)32-21-11-9-18(10-12-21)25(26,27)28/h4-12,19-20,22,30H,13-16H2,1-3H3/t19-,20+,22-/m0/s1. The monoisotopic (exact) mass is 465 g/mol. The Hall–Kier alpha value is -2.74. The fraction of sp³-hybridized carbons (Fsp3) is 0.480. The van der Waals surface area contributed by atoms with Crippen molar-refractivity contribution in [2.24, 2.45) is 0 Å². The fourth-order valence-electron chi connectivity index (χ4n) is 3.87. The zero-order valence-corrected chi connectivity index (χ0v) is 19.0. The molecule has 5 nitrogen and oxygen atoms in total. The van der Waals surface area contributed by atoms with Gasteiger partial charge in [-0.3, -0.25) is 0 Å². The van der Waals surface area contributed by atoms with Crippen molar-refractivity contribution in [3.05, 3.63) is 65.7 Å². The molecule has 1 aliphatic rings. The van der Waals surface area contributed by atoms with Gasteiger partial charge < -0.3 is 19.5 Å². The summed E-state index contributed by atoms with van der Waals surface area (Å²) in [6.45, 7) is 5.72. The Balaban J connectivity index is 1.83. The number of hydrogen-bond acceptors (Lipinski definition) is 4. The van der Waals surface area contributed by atoms with E-state index in [-0.39, 0.29) is 11.8 Å². The van der Waals surface area contributed by atoms with E-state index in [9.17, 15) is 23.1 Å². The van der Waals surface area contributed by atoms with Gasteiger partial charge in [0.2, 0.25) is 0 Å². The van der Waals surface area contributed by atoms with Crippen LogP contribution in [0, 0.1) is 0 Å². The zero-order valence-electron chi connectivity index (χ0n) is 19.0. The summed E-state index contributed by atoms with van der Waals surface area (Å²) in [7, 11) is 0. The lowest BCUT2D eigenvalue weighted by Gasteiger charge is -2.40. The third-order valence-corrected chi connectivity index (χ3v) is 5.43. The second-order valence-corrected chi connectivity index (χ2v) is 9.28. The summed E-state index contributed by atoms with van der Waals surface area (Å²) in [5, 5.41) is 10.3. The Labute approximate surface area is 192 Å². The lowest BCUT2D eigenvalue weighted by Crippen LogP contribution is -2.50. The van der Waals surface area contributed by atoms with Crippen LogP contribution in [0.4, 0.5) is 18.0 Å². The number of ether oxygens (including phenoxy) is 2. The van der Waals surface area contributed by atoms with E-state index in [0.717, 1.165) is 17.7 Å². The van der Waals surface area contributed by atoms with Gasteiger partial charge >= 0.3 is 12.3 Å². The van der Waals surface area contributed by atoms with Gasteiger partial charge in [-0.25, -0.2) is 4.79 Å². The van der Waals surface area contributed by atoms with Crippen LogP contribution in [-0.2, 0) is 10.9 Å². The van der Waals surface area contributed by atoms with Crippen LogP contribution in [0.3, 0.4) is 0 Å². The van der Waals surface area contributed by atoms with E-state index < -0.39 is 35.6 Å². The number of aliphatic hydroxyl groups is 1. The van der Waals surface area contributed by atoms with Crippen LogP contribution in [0.2, 0.25) is 0 Å². The van der Waals surface area contributed by atoms with Gasteiger partial charge in [-0.05, 0) is 63.4 Å². The predicted molar refractivity (Wildman–Crippen MR) is 118 cm³/mol. The van der Waals surface area contributed by atoms with Gasteiger partial charge in [0, 0.05) is 19.0 Å². The SMILES string of the molecule is CC(C)(C)OC(=O)N1CC[C@@H](O)C[C@H]1C[C@H](Oc1ccc(C(F)(F)F)cc1)c1ccccc1. The molecule has 1 heterocycles. The number of alkyl halides is 3. The van der Waals surface area contributed by atoms with Gasteiger partial charge in [0.25, 0.3) is 0 Å². The Morgan fingerprint density at radius 1 is 1.09 bits per heavy atom. The largest absolute Gasteiger partial charge is 0.486 e. The van der Waals surface area contributed by atoms with Crippen molar-refractivity contribution in [2.45, 2.75) is 70.1 Å². The van der Waals surface area contributed by atoms with Crippen molar-refractivity contribution in [3.8, 4) is 5.75 Å². The number of rotatable bonds is 5. The molecule has 2 aromatic rings. The quantitative estimate of drug-likeness (QED) is 0.591. The van der Waals surface area contributed by atoms with Crippen LogP contribution in [-0.4, -0.2) is 40.4 Å². The highest BCUT2D eigenvalue weighted by Gasteiger charge is 2.36. The topological polar surface area (TPSA) is 59.0 Å². The van der Waals surface area contributed by atoms with Gasteiger partial charge in [0.15, 0.2) is 0 Å². The summed E-state index contributed by atoms with van der Waals surface area (Å²) >= 11 is 0. The molecular formula is C25H30F3NO4. The molecule has 3 atom stereocenters. The maximum atomic E-state index is 12.9. The number of hydrogen-bond donors (Lipinski definition) is 1. The van der Waals surface area contributed by atoms with Gasteiger partial charge in [-0.1, -0.05) is 30.3 Å². The van der Waals surface area contributed by atoms with Gasteiger partial charge in [0.1, 0.15) is 17.5 Å². The molecule has 0 bridgehead atoms. The third kappa shape index (κ3) is 7.12. The number of piperidine rings is 1. The number of aliphatic hydroxyl groups excluding tert-OH is 1. The molecule has 1 aliphatic heterocycles. The molecule has 1 fully saturated rings. The van der Waals surface area contributed by atoms with E-state index in [1.807, 2.05) is 30.3 Å². The number of likely N-dealkylation sites (tertiary alicyclic amines) is 1. The molecule has 2 aromatic carbocycles. The molecule has 0 unspecified atom stereocenters. The zero-order chi connectivity index (χ0) is 24.2. The minimum absolute atomic E-state index is 0.289. The molecule has 0 saturated carbocycles. The highest BCUT2D eigenvalue weighted by molar-refractivity contribution is 5.68. The van der Waals surface area contributed by atoms with Gasteiger partial charge in [-0.2, -0.15) is 13.2 Å². The highest BCUT2D eigenvalue weighted by atomic mass is 19.4. The Morgan fingerprint density at radius 2 is 1.73 bits per heavy atom. The Kier molecular flexibility index (Phi) is 7.57. The number of benzene rings is 2. The van der Waals surface area contributed by atoms with Crippen molar-refractivity contribution in [1.29, 1.82) is 0 Å². The minimum Gasteiger partial charge on any atom is -0.486 e. The van der Waals surface area contributed by atoms with Gasteiger partial charge in [0.05, 0.1) is 11.7 Å². The summed E-state index contributed by atoms with van der Waals surface area (Å²) in [6.07, 6.45) is -4.82. The van der Waals surface area contributed by atoms with E-state index in [1.54, 1.807) is 25.7 Å². The summed E-state index contributed by atoms with van der Waals surface area (Å²) in [6, 6.07) is 13.5. The summed E-state index contributed by atoms with van der Waals surface area (Å²) in [5.41, 5.74) is -0.591. The third-order valence-electron chi connectivity index (χ3n) is 5.43. The average Bonchev–Trinajstić information content (AvgIpc) is 2.72. The Bertz CT molecular complexity index is 910. The summed E-state index contributed by atoms with van der Waals surface area (Å²) in [5.74, 6) is 0.289. The summed E-state index contributed by atoms with van der Waals surface area (Å²) < 4.78 is 50.4. The second kappa shape index (κ2) is 10.0. The fourth-order valence-corrected chi connectivity index (χ4v) is 3.87. The maximum absolute atomic E-state index is 12.9. The van der Waals surface area contributed by atoms with Crippen LogP contribution in [0.5, 0.6) is 5.75 Å². The highest BCUT2D eigenvalue weighted by Crippen LogP contribution is 2.34. The van der Waals surface area contributed by atoms with Crippen molar-refractivity contribution in [3.63, 3.8) is 0 Å². The van der Waals surface area contributed by atoms with Gasteiger partial charge in [-0.15, -0.1) is 0 Å². The van der Waals surface area contributed by atoms with Crippen molar-refractivity contribution >= 4 is 6.09 Å². The van der Waals surface area contributed by atoms with E-state index in [2.05, 4.69) is 0 Å². The molecule has 0 aromatic heterocycles. The molecule has 3 rings (SSSR count). The minimum atomic E-state index is -4.43. The molecule has 0 radical (unpaired) electrons. The molecule has 0 spiro atoms. The van der Waals surface area contributed by atoms with Crippen molar-refractivity contribution in [1.82, 2.24) is 4.90 Å². The predicted octanol–water partition coefficient (Wildman–Crippen LogP) is 5.98. The van der Waals surface area contributed by atoms with Crippen LogP contribution < -0.4 is 4.74 Å². The molecule has 1 saturated heterocycles. The molecule has 1 N–H and O–H groups in total. The van der Waals surface area contributed by atoms with Crippen molar-refractivity contribution < 1.29 is 32.5 Å². The smallest absolute Gasteiger partial charge is 0.416 e. The number of carbonyl (C=O) groups is 1. The molecule has 180 valence electrons. The number of nitrogens with zero attached hydrogens (tertiary/aromatic N) is 1. The number of amides is 1. The van der Waals surface area contributed by atoms with Crippen LogP contribution in [0.25, 0.3) is 0 Å². The molecule has 1 amide bonds. The first kappa shape index (κ1) is 24.9. The molecule has 33 heavy (non-hydrogen) atoms. The lowest BCUT2D eigenvalue weighted by molar-refractivity contribution is -0.137. The molecule has 8 heteroatoms. The van der Waals surface area contributed by atoms with E-state index in [1.165, 1.54) is 12.1 Å². The first-order chi connectivity index (χ1) is 15.4. The van der Waals surface area contributed by atoms with Crippen LogP contribution in [0.1, 0.15) is 57.3 Å². The molecule has 0 aliphatic carbocycles.